The second kappa shape index (κ2) is 9.40. The Labute approximate surface area is 186 Å². The van der Waals surface area contributed by atoms with E-state index < -0.39 is 10.0 Å². The van der Waals surface area contributed by atoms with Crippen LogP contribution in [-0.2, 0) is 16.6 Å². The van der Waals surface area contributed by atoms with Gasteiger partial charge in [-0.15, -0.1) is 0 Å². The first-order chi connectivity index (χ1) is 14.7. The van der Waals surface area contributed by atoms with E-state index in [1.807, 2.05) is 17.7 Å². The molecule has 0 bridgehead atoms. The van der Waals surface area contributed by atoms with E-state index in [4.69, 9.17) is 16.3 Å². The van der Waals surface area contributed by atoms with Crippen molar-refractivity contribution in [3.63, 3.8) is 0 Å². The molecule has 0 aliphatic carbocycles. The summed E-state index contributed by atoms with van der Waals surface area (Å²) < 4.78 is 33.0. The maximum atomic E-state index is 11.8. The Hall–Kier alpha value is -3.05. The molecule has 0 fully saturated rings. The summed E-state index contributed by atoms with van der Waals surface area (Å²) in [6.45, 7) is 4.73. The zero-order valence-corrected chi connectivity index (χ0v) is 19.2. The predicted octanol–water partition coefficient (Wildman–Crippen LogP) is 3.91. The van der Waals surface area contributed by atoms with Gasteiger partial charge in [0.15, 0.2) is 5.82 Å². The van der Waals surface area contributed by atoms with Gasteiger partial charge in [0.25, 0.3) is 0 Å². The Balaban J connectivity index is 1.91. The van der Waals surface area contributed by atoms with E-state index >= 15 is 0 Å². The second-order valence-corrected chi connectivity index (χ2v) is 8.98. The van der Waals surface area contributed by atoms with Gasteiger partial charge in [-0.05, 0) is 25.5 Å². The molecule has 0 spiro atoms. The third-order valence-electron chi connectivity index (χ3n) is 4.10. The van der Waals surface area contributed by atoms with Gasteiger partial charge < -0.3 is 15.4 Å². The number of benzene rings is 1. The Bertz CT molecular complexity index is 1180. The van der Waals surface area contributed by atoms with Crippen LogP contribution in [0.5, 0.6) is 5.75 Å². The van der Waals surface area contributed by atoms with Gasteiger partial charge >= 0.3 is 0 Å². The van der Waals surface area contributed by atoms with Crippen molar-refractivity contribution < 1.29 is 13.2 Å². The number of halogens is 1. The molecule has 2 aromatic heterocycles. The Morgan fingerprint density at radius 3 is 2.65 bits per heavy atom. The van der Waals surface area contributed by atoms with Crippen LogP contribution in [0.1, 0.15) is 19.0 Å². The van der Waals surface area contributed by atoms with Crippen molar-refractivity contribution in [3.05, 3.63) is 41.2 Å². The maximum absolute atomic E-state index is 11.8. The Morgan fingerprint density at radius 2 is 1.97 bits per heavy atom. The number of aromatic nitrogens is 4. The third-order valence-corrected chi connectivity index (χ3v) is 4.96. The van der Waals surface area contributed by atoms with Gasteiger partial charge in [0, 0.05) is 18.7 Å². The average molecular weight is 466 g/mol. The number of anilines is 5. The van der Waals surface area contributed by atoms with Crippen LogP contribution in [0.4, 0.5) is 29.0 Å². The highest BCUT2D eigenvalue weighted by Crippen LogP contribution is 2.32. The maximum Gasteiger partial charge on any atom is 0.230 e. The quantitative estimate of drug-likeness (QED) is 0.434. The van der Waals surface area contributed by atoms with E-state index in [0.29, 0.717) is 28.9 Å². The molecule has 3 rings (SSSR count). The molecule has 0 unspecified atom stereocenters. The first-order valence-electron chi connectivity index (χ1n) is 9.45. The highest BCUT2D eigenvalue weighted by molar-refractivity contribution is 7.92. The standard InChI is InChI=1S/C19H24ClN7O3S/c1-5-8-27-17(9-12(2)25-27)23-19-21-11-14(20)18(24-19)22-15-7-6-13(30-3)10-16(15)26-31(4,28)29/h6-7,9-11,26H,5,8H2,1-4H3,(H2,21,22,23,24). The molecule has 0 saturated heterocycles. The minimum Gasteiger partial charge on any atom is -0.497 e. The molecular weight excluding hydrogens is 442 g/mol. The summed E-state index contributed by atoms with van der Waals surface area (Å²) in [5, 5.41) is 10.9. The second-order valence-electron chi connectivity index (χ2n) is 6.82. The fourth-order valence-corrected chi connectivity index (χ4v) is 3.54. The molecule has 0 saturated carbocycles. The molecule has 0 aliphatic rings. The van der Waals surface area contributed by atoms with E-state index in [-0.39, 0.29) is 5.02 Å². The van der Waals surface area contributed by atoms with Gasteiger partial charge in [-0.2, -0.15) is 10.1 Å². The van der Waals surface area contributed by atoms with Crippen LogP contribution in [0, 0.1) is 6.92 Å². The lowest BCUT2D eigenvalue weighted by molar-refractivity contribution is 0.415. The lowest BCUT2D eigenvalue weighted by Gasteiger charge is -2.15. The van der Waals surface area contributed by atoms with E-state index in [1.165, 1.54) is 13.3 Å². The summed E-state index contributed by atoms with van der Waals surface area (Å²) in [5.74, 6) is 1.87. The van der Waals surface area contributed by atoms with Crippen molar-refractivity contribution in [1.82, 2.24) is 19.7 Å². The van der Waals surface area contributed by atoms with Crippen molar-refractivity contribution in [2.24, 2.45) is 0 Å². The van der Waals surface area contributed by atoms with Crippen LogP contribution >= 0.6 is 11.6 Å². The minimum atomic E-state index is -3.52. The fraction of sp³-hybridized carbons (Fsp3) is 0.316. The molecule has 3 N–H and O–H groups in total. The molecule has 10 nitrogen and oxygen atoms in total. The summed E-state index contributed by atoms with van der Waals surface area (Å²) in [4.78, 5) is 8.67. The lowest BCUT2D eigenvalue weighted by Crippen LogP contribution is -2.12. The monoisotopic (exact) mass is 465 g/mol. The van der Waals surface area contributed by atoms with E-state index in [0.717, 1.165) is 30.7 Å². The zero-order valence-electron chi connectivity index (χ0n) is 17.6. The van der Waals surface area contributed by atoms with Crippen molar-refractivity contribution >= 4 is 50.6 Å². The van der Waals surface area contributed by atoms with Gasteiger partial charge in [0.2, 0.25) is 16.0 Å². The van der Waals surface area contributed by atoms with Crippen LogP contribution in [-0.4, -0.2) is 41.5 Å². The topological polar surface area (TPSA) is 123 Å². The summed E-state index contributed by atoms with van der Waals surface area (Å²) >= 11 is 6.28. The van der Waals surface area contributed by atoms with Crippen LogP contribution in [0.15, 0.2) is 30.5 Å². The summed E-state index contributed by atoms with van der Waals surface area (Å²) in [5.41, 5.74) is 1.62. The number of aryl methyl sites for hydroxylation is 2. The van der Waals surface area contributed by atoms with Crippen LogP contribution in [0.25, 0.3) is 0 Å². The molecule has 166 valence electrons. The molecule has 12 heteroatoms. The molecule has 0 radical (unpaired) electrons. The molecule has 0 amide bonds. The number of nitrogens with zero attached hydrogens (tertiary/aromatic N) is 4. The molecular formula is C19H24ClN7O3S. The molecule has 31 heavy (non-hydrogen) atoms. The van der Waals surface area contributed by atoms with Gasteiger partial charge in [-0.3, -0.25) is 4.72 Å². The van der Waals surface area contributed by atoms with Crippen molar-refractivity contribution in [3.8, 4) is 5.75 Å². The lowest BCUT2D eigenvalue weighted by atomic mass is 10.2. The van der Waals surface area contributed by atoms with Crippen molar-refractivity contribution in [1.29, 1.82) is 0 Å². The SMILES string of the molecule is CCCn1nc(C)cc1Nc1ncc(Cl)c(Nc2ccc(OC)cc2NS(C)(=O)=O)n1. The number of hydrogen-bond donors (Lipinski definition) is 3. The normalized spacial score (nSPS) is 11.3. The Kier molecular flexibility index (Phi) is 6.86. The predicted molar refractivity (Wildman–Crippen MR) is 122 cm³/mol. The largest absolute Gasteiger partial charge is 0.497 e. The van der Waals surface area contributed by atoms with Gasteiger partial charge in [0.1, 0.15) is 16.6 Å². The molecule has 2 heterocycles. The van der Waals surface area contributed by atoms with Crippen LogP contribution in [0.2, 0.25) is 5.02 Å². The first-order valence-corrected chi connectivity index (χ1v) is 11.7. The average Bonchev–Trinajstić information content (AvgIpc) is 3.03. The van der Waals surface area contributed by atoms with Crippen LogP contribution in [0.3, 0.4) is 0 Å². The van der Waals surface area contributed by atoms with E-state index in [1.54, 1.807) is 18.2 Å². The summed E-state index contributed by atoms with van der Waals surface area (Å²) in [7, 11) is -2.02. The fourth-order valence-electron chi connectivity index (χ4n) is 2.83. The third kappa shape index (κ3) is 5.98. The number of hydrogen-bond acceptors (Lipinski definition) is 8. The molecule has 1 aromatic carbocycles. The van der Waals surface area contributed by atoms with Crippen LogP contribution < -0.4 is 20.1 Å². The van der Waals surface area contributed by atoms with Gasteiger partial charge in [0.05, 0.1) is 36.6 Å². The number of nitrogens with one attached hydrogen (secondary N) is 3. The van der Waals surface area contributed by atoms with E-state index in [2.05, 4.69) is 37.3 Å². The van der Waals surface area contributed by atoms with Gasteiger partial charge in [-0.1, -0.05) is 18.5 Å². The summed E-state index contributed by atoms with van der Waals surface area (Å²) in [6, 6.07) is 6.82. The minimum absolute atomic E-state index is 0.268. The highest BCUT2D eigenvalue weighted by Gasteiger charge is 2.14. The molecule has 0 aliphatic heterocycles. The summed E-state index contributed by atoms with van der Waals surface area (Å²) in [6.07, 6.45) is 3.45. The first kappa shape index (κ1) is 22.6. The van der Waals surface area contributed by atoms with Crippen molar-refractivity contribution in [2.75, 3.05) is 28.7 Å². The van der Waals surface area contributed by atoms with Gasteiger partial charge in [-0.25, -0.2) is 18.1 Å². The highest BCUT2D eigenvalue weighted by atomic mass is 35.5. The van der Waals surface area contributed by atoms with Crippen molar-refractivity contribution in [2.45, 2.75) is 26.8 Å². The smallest absolute Gasteiger partial charge is 0.230 e. The molecule has 3 aromatic rings. The Morgan fingerprint density at radius 1 is 1.19 bits per heavy atom. The number of ether oxygens (including phenoxy) is 1. The number of sulfonamides is 1. The number of rotatable bonds is 9. The molecule has 0 atom stereocenters. The number of methoxy groups -OCH3 is 1. The zero-order chi connectivity index (χ0) is 22.6. The van der Waals surface area contributed by atoms with E-state index in [9.17, 15) is 8.42 Å².